The Morgan fingerprint density at radius 3 is 2.47 bits per heavy atom. The molecule has 178 valence electrons. The van der Waals surface area contributed by atoms with Crippen molar-refractivity contribution in [3.05, 3.63) is 66.2 Å². The molecule has 2 aromatic carbocycles. The highest BCUT2D eigenvalue weighted by Crippen LogP contribution is 2.35. The van der Waals surface area contributed by atoms with Crippen molar-refractivity contribution in [1.29, 1.82) is 0 Å². The van der Waals surface area contributed by atoms with E-state index in [2.05, 4.69) is 10.3 Å². The molecule has 3 aromatic rings. The number of ether oxygens (including phenoxy) is 2. The summed E-state index contributed by atoms with van der Waals surface area (Å²) in [5.74, 6) is -0.992. The third kappa shape index (κ3) is 5.54. The average Bonchev–Trinajstić information content (AvgIpc) is 3.38. The van der Waals surface area contributed by atoms with Crippen molar-refractivity contribution < 1.29 is 36.7 Å². The van der Waals surface area contributed by atoms with Crippen LogP contribution in [0.15, 0.2) is 59.5 Å². The van der Waals surface area contributed by atoms with Crippen molar-refractivity contribution in [2.45, 2.75) is 6.18 Å². The summed E-state index contributed by atoms with van der Waals surface area (Å²) in [6, 6.07) is 9.41. The second-order valence-electron chi connectivity index (χ2n) is 7.40. The zero-order valence-corrected chi connectivity index (χ0v) is 17.8. The first-order valence-corrected chi connectivity index (χ1v) is 10.3. The van der Waals surface area contributed by atoms with Crippen molar-refractivity contribution >= 4 is 23.3 Å². The number of hydrogen-bond donors (Lipinski definition) is 1. The second kappa shape index (κ2) is 9.96. The van der Waals surface area contributed by atoms with Crippen molar-refractivity contribution in [2.75, 3.05) is 43.1 Å². The van der Waals surface area contributed by atoms with E-state index in [-0.39, 0.29) is 11.3 Å². The normalized spacial score (nSPS) is 14.0. The summed E-state index contributed by atoms with van der Waals surface area (Å²) in [6.45, 7) is 1.10. The van der Waals surface area contributed by atoms with E-state index >= 15 is 0 Å². The molecule has 0 saturated carbocycles. The fourth-order valence-corrected chi connectivity index (χ4v) is 3.42. The summed E-state index contributed by atoms with van der Waals surface area (Å²) in [6.07, 6.45) is -1.77. The van der Waals surface area contributed by atoms with Crippen LogP contribution in [0.1, 0.15) is 15.9 Å². The second-order valence-corrected chi connectivity index (χ2v) is 7.40. The van der Waals surface area contributed by atoms with Gasteiger partial charge < -0.3 is 24.1 Å². The Kier molecular flexibility index (Phi) is 6.82. The lowest BCUT2D eigenvalue weighted by Gasteiger charge is -2.31. The number of aromatic nitrogens is 1. The highest BCUT2D eigenvalue weighted by atomic mass is 19.4. The molecule has 0 spiro atoms. The van der Waals surface area contributed by atoms with Gasteiger partial charge in [-0.1, -0.05) is 12.1 Å². The molecule has 1 fully saturated rings. The predicted molar refractivity (Wildman–Crippen MR) is 115 cm³/mol. The Labute approximate surface area is 192 Å². The quantitative estimate of drug-likeness (QED) is 0.539. The van der Waals surface area contributed by atoms with Gasteiger partial charge in [0.2, 0.25) is 0 Å². The van der Waals surface area contributed by atoms with Gasteiger partial charge in [-0.15, -0.1) is 0 Å². The van der Waals surface area contributed by atoms with Crippen LogP contribution in [0.25, 0.3) is 11.3 Å². The van der Waals surface area contributed by atoms with Crippen LogP contribution < -0.4 is 10.2 Å². The lowest BCUT2D eigenvalue weighted by Crippen LogP contribution is -2.37. The minimum absolute atomic E-state index is 0.0193. The van der Waals surface area contributed by atoms with Crippen molar-refractivity contribution in [3.8, 4) is 11.3 Å². The number of oxazole rings is 1. The van der Waals surface area contributed by atoms with Crippen LogP contribution in [0.5, 0.6) is 0 Å². The Bertz CT molecular complexity index is 1140. The van der Waals surface area contributed by atoms with Gasteiger partial charge in [-0.3, -0.25) is 4.79 Å². The predicted octanol–water partition coefficient (Wildman–Crippen LogP) is 3.99. The summed E-state index contributed by atoms with van der Waals surface area (Å²) in [7, 11) is 0. The van der Waals surface area contributed by atoms with E-state index in [0.29, 0.717) is 43.3 Å². The van der Waals surface area contributed by atoms with Crippen molar-refractivity contribution in [1.82, 2.24) is 4.98 Å². The summed E-state index contributed by atoms with van der Waals surface area (Å²) >= 11 is 0. The number of esters is 1. The van der Waals surface area contributed by atoms with Gasteiger partial charge in [-0.05, 0) is 30.3 Å². The van der Waals surface area contributed by atoms with Crippen LogP contribution in [0.3, 0.4) is 0 Å². The maximum atomic E-state index is 13.2. The first kappa shape index (κ1) is 23.3. The van der Waals surface area contributed by atoms with E-state index in [1.165, 1.54) is 30.8 Å². The van der Waals surface area contributed by atoms with E-state index in [4.69, 9.17) is 13.9 Å². The summed E-state index contributed by atoms with van der Waals surface area (Å²) in [4.78, 5) is 30.4. The zero-order chi connectivity index (χ0) is 24.1. The maximum Gasteiger partial charge on any atom is 0.416 e. The molecule has 2 heterocycles. The molecule has 34 heavy (non-hydrogen) atoms. The lowest BCUT2D eigenvalue weighted by atomic mass is 10.1. The van der Waals surface area contributed by atoms with Gasteiger partial charge in [-0.25, -0.2) is 9.78 Å². The highest BCUT2D eigenvalue weighted by Gasteiger charge is 2.32. The molecule has 0 bridgehead atoms. The Morgan fingerprint density at radius 2 is 1.82 bits per heavy atom. The number of halogens is 3. The van der Waals surface area contributed by atoms with E-state index in [1.807, 2.05) is 4.90 Å². The van der Waals surface area contributed by atoms with Crippen LogP contribution in [-0.2, 0) is 20.4 Å². The largest absolute Gasteiger partial charge is 0.452 e. The average molecular weight is 475 g/mol. The number of carbonyl (C=O) groups is 2. The molecule has 1 amide bonds. The summed E-state index contributed by atoms with van der Waals surface area (Å²) in [5, 5.41) is 2.44. The van der Waals surface area contributed by atoms with Gasteiger partial charge in [-0.2, -0.15) is 13.2 Å². The number of amides is 1. The first-order chi connectivity index (χ1) is 16.3. The Hall–Kier alpha value is -3.86. The van der Waals surface area contributed by atoms with E-state index in [0.717, 1.165) is 12.1 Å². The van der Waals surface area contributed by atoms with Gasteiger partial charge in [0.15, 0.2) is 18.8 Å². The molecule has 1 saturated heterocycles. The number of alkyl halides is 3. The van der Waals surface area contributed by atoms with Gasteiger partial charge >= 0.3 is 12.1 Å². The van der Waals surface area contributed by atoms with Crippen molar-refractivity contribution in [2.24, 2.45) is 0 Å². The highest BCUT2D eigenvalue weighted by molar-refractivity contribution is 5.97. The molecule has 1 aliphatic rings. The molecule has 8 nitrogen and oxygen atoms in total. The molecule has 0 radical (unpaired) electrons. The van der Waals surface area contributed by atoms with Crippen LogP contribution in [0.2, 0.25) is 0 Å². The lowest BCUT2D eigenvalue weighted by molar-refractivity contribution is -0.137. The molecule has 0 atom stereocenters. The minimum Gasteiger partial charge on any atom is -0.452 e. The fourth-order valence-electron chi connectivity index (χ4n) is 3.42. The number of carbonyl (C=O) groups excluding carboxylic acids is 2. The summed E-state index contributed by atoms with van der Waals surface area (Å²) < 4.78 is 55.1. The first-order valence-electron chi connectivity index (χ1n) is 10.3. The Balaban J connectivity index is 1.42. The van der Waals surface area contributed by atoms with Crippen LogP contribution >= 0.6 is 0 Å². The molecule has 1 aliphatic heterocycles. The SMILES string of the molecule is O=C(COC(=O)c1ccc(-c2cnco2)cc1)Nc1cc(C(F)(F)F)ccc1N1CCOCC1. The van der Waals surface area contributed by atoms with Crippen LogP contribution in [0.4, 0.5) is 24.5 Å². The molecular formula is C23H20F3N3O5. The monoisotopic (exact) mass is 475 g/mol. The van der Waals surface area contributed by atoms with Crippen LogP contribution in [-0.4, -0.2) is 49.8 Å². The smallest absolute Gasteiger partial charge is 0.416 e. The molecule has 1 N–H and O–H groups in total. The van der Waals surface area contributed by atoms with Gasteiger partial charge in [0, 0.05) is 18.7 Å². The number of anilines is 2. The third-order valence-electron chi connectivity index (χ3n) is 5.12. The molecular weight excluding hydrogens is 455 g/mol. The molecule has 4 rings (SSSR count). The van der Waals surface area contributed by atoms with Gasteiger partial charge in [0.05, 0.1) is 41.9 Å². The summed E-state index contributed by atoms with van der Waals surface area (Å²) in [5.41, 5.74) is 0.410. The number of hydrogen-bond acceptors (Lipinski definition) is 7. The molecule has 0 unspecified atom stereocenters. The number of morpholine rings is 1. The fraction of sp³-hybridized carbons (Fsp3) is 0.261. The maximum absolute atomic E-state index is 13.2. The van der Waals surface area contributed by atoms with Gasteiger partial charge in [0.1, 0.15) is 0 Å². The van der Waals surface area contributed by atoms with Crippen LogP contribution in [0, 0.1) is 0 Å². The number of benzene rings is 2. The number of nitrogens with zero attached hydrogens (tertiary/aromatic N) is 2. The van der Waals surface area contributed by atoms with E-state index < -0.39 is 30.2 Å². The van der Waals surface area contributed by atoms with Gasteiger partial charge in [0.25, 0.3) is 5.91 Å². The van der Waals surface area contributed by atoms with Crippen molar-refractivity contribution in [3.63, 3.8) is 0 Å². The molecule has 0 aliphatic carbocycles. The zero-order valence-electron chi connectivity index (χ0n) is 17.8. The minimum atomic E-state index is -4.58. The van der Waals surface area contributed by atoms with E-state index in [1.54, 1.807) is 12.1 Å². The van der Waals surface area contributed by atoms with E-state index in [9.17, 15) is 22.8 Å². The molecule has 1 aromatic heterocycles. The Morgan fingerprint density at radius 1 is 1.09 bits per heavy atom. The third-order valence-corrected chi connectivity index (χ3v) is 5.12. The molecule has 11 heteroatoms. The number of nitrogens with one attached hydrogen (secondary N) is 1. The topological polar surface area (TPSA) is 93.9 Å². The number of rotatable bonds is 6. The standard InChI is InChI=1S/C23H20F3N3O5/c24-23(25,26)17-5-6-19(29-7-9-32-10-8-29)18(11-17)28-21(30)13-33-22(31)16-3-1-15(2-4-16)20-12-27-14-34-20/h1-6,11-12,14H,7-10,13H2,(H,28,30).